The van der Waals surface area contributed by atoms with Gasteiger partial charge < -0.3 is 19.7 Å². The number of halogens is 2. The van der Waals surface area contributed by atoms with E-state index in [0.29, 0.717) is 37.1 Å². The van der Waals surface area contributed by atoms with Crippen molar-refractivity contribution in [2.75, 3.05) is 45.8 Å². The van der Waals surface area contributed by atoms with Crippen LogP contribution in [0.4, 0.5) is 10.1 Å². The first-order chi connectivity index (χ1) is 9.58. The highest BCUT2D eigenvalue weighted by molar-refractivity contribution is 7.80. The highest BCUT2D eigenvalue weighted by atomic mass is 35.5. The Balaban J connectivity index is 2.65. The molecule has 0 heterocycles. The predicted molar refractivity (Wildman–Crippen MR) is 83.0 cm³/mol. The number of hydrogen-bond donors (Lipinski definition) is 1. The molecule has 4 nitrogen and oxygen atoms in total. The van der Waals surface area contributed by atoms with E-state index >= 15 is 0 Å². The third-order valence-electron chi connectivity index (χ3n) is 2.59. The topological polar surface area (TPSA) is 33.7 Å². The minimum Gasteiger partial charge on any atom is -0.383 e. The maximum Gasteiger partial charge on any atom is 0.173 e. The van der Waals surface area contributed by atoms with Gasteiger partial charge in [0.15, 0.2) is 5.11 Å². The minimum absolute atomic E-state index is 0.0538. The summed E-state index contributed by atoms with van der Waals surface area (Å²) in [5, 5.41) is 3.59. The molecular formula is C13H18ClFN2O2S. The maximum atomic E-state index is 13.1. The summed E-state index contributed by atoms with van der Waals surface area (Å²) in [5.74, 6) is -0.459. The Morgan fingerprint density at radius 3 is 2.40 bits per heavy atom. The first-order valence-electron chi connectivity index (χ1n) is 6.07. The van der Waals surface area contributed by atoms with Crippen molar-refractivity contribution in [3.63, 3.8) is 0 Å². The van der Waals surface area contributed by atoms with Crippen LogP contribution in [0.3, 0.4) is 0 Å². The van der Waals surface area contributed by atoms with Crippen LogP contribution in [0.15, 0.2) is 18.2 Å². The van der Waals surface area contributed by atoms with E-state index in [-0.39, 0.29) is 5.02 Å². The fourth-order valence-electron chi connectivity index (χ4n) is 1.49. The molecular weight excluding hydrogens is 303 g/mol. The zero-order chi connectivity index (χ0) is 15.0. The molecule has 1 N–H and O–H groups in total. The van der Waals surface area contributed by atoms with Crippen molar-refractivity contribution in [1.29, 1.82) is 0 Å². The fraction of sp³-hybridized carbons (Fsp3) is 0.462. The number of thiocarbonyl (C=S) groups is 1. The summed E-state index contributed by atoms with van der Waals surface area (Å²) < 4.78 is 23.2. The van der Waals surface area contributed by atoms with Gasteiger partial charge in [-0.15, -0.1) is 0 Å². The molecule has 0 saturated carbocycles. The molecule has 0 aromatic heterocycles. The average Bonchev–Trinajstić information content (AvgIpc) is 2.43. The van der Waals surface area contributed by atoms with Crippen molar-refractivity contribution < 1.29 is 13.9 Å². The number of anilines is 1. The standard InChI is InChI=1S/C13H18ClFN2O2S/c1-18-7-5-17(6-8-19-2)13(20)16-10-3-4-12(15)11(14)9-10/h3-4,9H,5-8H2,1-2H3,(H,16,20). The van der Waals surface area contributed by atoms with Gasteiger partial charge in [-0.05, 0) is 30.4 Å². The predicted octanol–water partition coefficient (Wildman–Crippen LogP) is 2.77. The van der Waals surface area contributed by atoms with E-state index in [1.807, 2.05) is 4.90 Å². The molecule has 0 bridgehead atoms. The summed E-state index contributed by atoms with van der Waals surface area (Å²) in [6, 6.07) is 4.37. The SMILES string of the molecule is COCCN(CCOC)C(=S)Nc1ccc(F)c(Cl)c1. The Hall–Kier alpha value is -0.950. The number of nitrogens with one attached hydrogen (secondary N) is 1. The van der Waals surface area contributed by atoms with E-state index in [2.05, 4.69) is 5.32 Å². The number of methoxy groups -OCH3 is 2. The van der Waals surface area contributed by atoms with Gasteiger partial charge in [-0.2, -0.15) is 0 Å². The summed E-state index contributed by atoms with van der Waals surface area (Å²) in [7, 11) is 3.26. The van der Waals surface area contributed by atoms with Crippen LogP contribution in [0.2, 0.25) is 5.02 Å². The van der Waals surface area contributed by atoms with Crippen molar-refractivity contribution >= 4 is 34.6 Å². The molecule has 0 unspecified atom stereocenters. The molecule has 0 aliphatic rings. The number of hydrogen-bond acceptors (Lipinski definition) is 3. The highest BCUT2D eigenvalue weighted by Crippen LogP contribution is 2.19. The van der Waals surface area contributed by atoms with Gasteiger partial charge in [0, 0.05) is 33.0 Å². The van der Waals surface area contributed by atoms with Crippen molar-refractivity contribution in [3.05, 3.63) is 29.0 Å². The van der Waals surface area contributed by atoms with Crippen LogP contribution < -0.4 is 5.32 Å². The van der Waals surface area contributed by atoms with E-state index in [9.17, 15) is 4.39 Å². The molecule has 7 heteroatoms. The molecule has 0 saturated heterocycles. The molecule has 0 radical (unpaired) electrons. The van der Waals surface area contributed by atoms with Gasteiger partial charge in [-0.1, -0.05) is 11.6 Å². The second-order valence-corrected chi connectivity index (χ2v) is 4.83. The van der Waals surface area contributed by atoms with Crippen LogP contribution in [-0.2, 0) is 9.47 Å². The monoisotopic (exact) mass is 320 g/mol. The number of ether oxygens (including phenoxy) is 2. The van der Waals surface area contributed by atoms with Gasteiger partial charge in [0.05, 0.1) is 18.2 Å². The molecule has 1 rings (SSSR count). The summed E-state index contributed by atoms with van der Waals surface area (Å²) in [6.45, 7) is 2.38. The molecule has 20 heavy (non-hydrogen) atoms. The highest BCUT2D eigenvalue weighted by Gasteiger charge is 2.10. The number of nitrogens with zero attached hydrogens (tertiary/aromatic N) is 1. The molecule has 0 amide bonds. The Kier molecular flexibility index (Phi) is 7.76. The first-order valence-corrected chi connectivity index (χ1v) is 6.86. The first kappa shape index (κ1) is 17.1. The largest absolute Gasteiger partial charge is 0.383 e. The van der Waals surface area contributed by atoms with Crippen molar-refractivity contribution in [3.8, 4) is 0 Å². The van der Waals surface area contributed by atoms with E-state index in [0.717, 1.165) is 0 Å². The lowest BCUT2D eigenvalue weighted by atomic mass is 10.3. The fourth-order valence-corrected chi connectivity index (χ4v) is 1.98. The number of benzene rings is 1. The van der Waals surface area contributed by atoms with Crippen LogP contribution in [-0.4, -0.2) is 50.5 Å². The van der Waals surface area contributed by atoms with Crippen LogP contribution in [0.1, 0.15) is 0 Å². The van der Waals surface area contributed by atoms with E-state index in [4.69, 9.17) is 33.3 Å². The smallest absolute Gasteiger partial charge is 0.173 e. The lowest BCUT2D eigenvalue weighted by Crippen LogP contribution is -2.39. The second kappa shape index (κ2) is 9.07. The Labute approximate surface area is 128 Å². The van der Waals surface area contributed by atoms with Gasteiger partial charge in [0.2, 0.25) is 0 Å². The van der Waals surface area contributed by atoms with Crippen molar-refractivity contribution in [1.82, 2.24) is 4.90 Å². The molecule has 0 atom stereocenters. The summed E-state index contributed by atoms with van der Waals surface area (Å²) >= 11 is 11.1. The third kappa shape index (κ3) is 5.58. The maximum absolute atomic E-state index is 13.1. The summed E-state index contributed by atoms with van der Waals surface area (Å²) in [6.07, 6.45) is 0. The van der Waals surface area contributed by atoms with Crippen LogP contribution in [0.25, 0.3) is 0 Å². The van der Waals surface area contributed by atoms with Crippen molar-refractivity contribution in [2.24, 2.45) is 0 Å². The Bertz CT molecular complexity index is 440. The summed E-state index contributed by atoms with van der Waals surface area (Å²) in [5.41, 5.74) is 0.640. The van der Waals surface area contributed by atoms with Crippen LogP contribution in [0.5, 0.6) is 0 Å². The summed E-state index contributed by atoms with van der Waals surface area (Å²) in [4.78, 5) is 1.92. The van der Waals surface area contributed by atoms with Gasteiger partial charge in [0.1, 0.15) is 5.82 Å². The quantitative estimate of drug-likeness (QED) is 0.781. The van der Waals surface area contributed by atoms with E-state index < -0.39 is 5.82 Å². The van der Waals surface area contributed by atoms with Gasteiger partial charge in [0.25, 0.3) is 0 Å². The molecule has 112 valence electrons. The Morgan fingerprint density at radius 1 is 1.30 bits per heavy atom. The Morgan fingerprint density at radius 2 is 1.90 bits per heavy atom. The number of rotatable bonds is 7. The molecule has 0 spiro atoms. The third-order valence-corrected chi connectivity index (χ3v) is 3.24. The second-order valence-electron chi connectivity index (χ2n) is 4.03. The van der Waals surface area contributed by atoms with Gasteiger partial charge >= 0.3 is 0 Å². The van der Waals surface area contributed by atoms with E-state index in [1.54, 1.807) is 20.3 Å². The lowest BCUT2D eigenvalue weighted by Gasteiger charge is -2.25. The van der Waals surface area contributed by atoms with Crippen LogP contribution >= 0.6 is 23.8 Å². The molecule has 0 fully saturated rings. The molecule has 1 aromatic rings. The van der Waals surface area contributed by atoms with Crippen molar-refractivity contribution in [2.45, 2.75) is 0 Å². The lowest BCUT2D eigenvalue weighted by molar-refractivity contribution is 0.147. The minimum atomic E-state index is -0.459. The molecule has 0 aliphatic carbocycles. The normalized spacial score (nSPS) is 10.4. The molecule has 0 aliphatic heterocycles. The zero-order valence-corrected chi connectivity index (χ0v) is 13.1. The average molecular weight is 321 g/mol. The molecule has 1 aromatic carbocycles. The van der Waals surface area contributed by atoms with Gasteiger partial charge in [-0.25, -0.2) is 4.39 Å². The van der Waals surface area contributed by atoms with Gasteiger partial charge in [-0.3, -0.25) is 0 Å². The van der Waals surface area contributed by atoms with E-state index in [1.165, 1.54) is 12.1 Å². The van der Waals surface area contributed by atoms with Crippen LogP contribution in [0, 0.1) is 5.82 Å². The zero-order valence-electron chi connectivity index (χ0n) is 11.5.